The van der Waals surface area contributed by atoms with Crippen LogP contribution in [0.25, 0.3) is 10.8 Å². The van der Waals surface area contributed by atoms with Crippen molar-refractivity contribution in [3.63, 3.8) is 0 Å². The number of hydrogen-bond acceptors (Lipinski definition) is 3. The van der Waals surface area contributed by atoms with Gasteiger partial charge in [-0.25, -0.2) is 0 Å². The molecule has 5 nitrogen and oxygen atoms in total. The van der Waals surface area contributed by atoms with Crippen LogP contribution in [-0.4, -0.2) is 28.7 Å². The zero-order valence-electron chi connectivity index (χ0n) is 12.7. The Balaban J connectivity index is 1.87. The molecule has 0 amide bonds. The summed E-state index contributed by atoms with van der Waals surface area (Å²) in [4.78, 5) is 25.5. The van der Waals surface area contributed by atoms with Crippen molar-refractivity contribution in [2.45, 2.75) is 26.3 Å². The fraction of sp³-hybridized carbons (Fsp3) is 0.412. The van der Waals surface area contributed by atoms with Gasteiger partial charge in [0.25, 0.3) is 5.56 Å². The number of pyridine rings is 1. The third kappa shape index (κ3) is 2.58. The SMILES string of the molecule is CCn1ccc2cc(N3CCC(C(=O)O)CC3)ccc2c1=O. The molecule has 1 aliphatic rings. The van der Waals surface area contributed by atoms with E-state index in [1.807, 2.05) is 37.4 Å². The van der Waals surface area contributed by atoms with E-state index in [0.717, 1.165) is 29.5 Å². The van der Waals surface area contributed by atoms with Crippen molar-refractivity contribution < 1.29 is 9.90 Å². The van der Waals surface area contributed by atoms with Gasteiger partial charge in [-0.2, -0.15) is 0 Å². The summed E-state index contributed by atoms with van der Waals surface area (Å²) in [5.74, 6) is -0.924. The number of carbonyl (C=O) groups is 1. The quantitative estimate of drug-likeness (QED) is 0.945. The van der Waals surface area contributed by atoms with Crippen molar-refractivity contribution >= 4 is 22.4 Å². The van der Waals surface area contributed by atoms with E-state index in [1.54, 1.807) is 4.57 Å². The summed E-state index contributed by atoms with van der Waals surface area (Å²) in [7, 11) is 0. The van der Waals surface area contributed by atoms with Gasteiger partial charge in [0.15, 0.2) is 0 Å². The Bertz CT molecular complexity index is 758. The number of piperidine rings is 1. The third-order valence-corrected chi connectivity index (χ3v) is 4.51. The van der Waals surface area contributed by atoms with Crippen molar-refractivity contribution in [2.24, 2.45) is 5.92 Å². The van der Waals surface area contributed by atoms with Crippen molar-refractivity contribution in [3.8, 4) is 0 Å². The Hall–Kier alpha value is -2.30. The highest BCUT2D eigenvalue weighted by atomic mass is 16.4. The fourth-order valence-electron chi connectivity index (χ4n) is 3.11. The Morgan fingerprint density at radius 2 is 2.00 bits per heavy atom. The third-order valence-electron chi connectivity index (χ3n) is 4.51. The summed E-state index contributed by atoms with van der Waals surface area (Å²) in [5.41, 5.74) is 1.10. The lowest BCUT2D eigenvalue weighted by Crippen LogP contribution is -2.36. The maximum absolute atomic E-state index is 12.2. The van der Waals surface area contributed by atoms with Crippen LogP contribution >= 0.6 is 0 Å². The highest BCUT2D eigenvalue weighted by Crippen LogP contribution is 2.25. The van der Waals surface area contributed by atoms with Crippen molar-refractivity contribution in [1.29, 1.82) is 0 Å². The molecule has 0 bridgehead atoms. The van der Waals surface area contributed by atoms with Gasteiger partial charge in [0, 0.05) is 36.9 Å². The van der Waals surface area contributed by atoms with Crippen LogP contribution < -0.4 is 10.5 Å². The van der Waals surface area contributed by atoms with E-state index in [0.29, 0.717) is 19.4 Å². The molecular formula is C17H20N2O3. The summed E-state index contributed by atoms with van der Waals surface area (Å²) >= 11 is 0. The minimum Gasteiger partial charge on any atom is -0.481 e. The zero-order chi connectivity index (χ0) is 15.7. The first-order chi connectivity index (χ1) is 10.6. The lowest BCUT2D eigenvalue weighted by atomic mass is 9.96. The van der Waals surface area contributed by atoms with Gasteiger partial charge in [0.2, 0.25) is 0 Å². The number of carboxylic acids is 1. The molecule has 5 heteroatoms. The molecule has 1 fully saturated rings. The number of nitrogens with zero attached hydrogens (tertiary/aromatic N) is 2. The lowest BCUT2D eigenvalue weighted by molar-refractivity contribution is -0.142. The van der Waals surface area contributed by atoms with Crippen LogP contribution in [0.1, 0.15) is 19.8 Å². The lowest BCUT2D eigenvalue weighted by Gasteiger charge is -2.32. The topological polar surface area (TPSA) is 62.5 Å². The van der Waals surface area contributed by atoms with Crippen LogP contribution in [0.3, 0.4) is 0 Å². The number of benzene rings is 1. The van der Waals surface area contributed by atoms with E-state index in [2.05, 4.69) is 4.90 Å². The van der Waals surface area contributed by atoms with Gasteiger partial charge in [-0.05, 0) is 49.4 Å². The summed E-state index contributed by atoms with van der Waals surface area (Å²) in [6.45, 7) is 4.11. The summed E-state index contributed by atoms with van der Waals surface area (Å²) in [5, 5.41) is 10.7. The minimum atomic E-state index is -0.696. The normalized spacial score (nSPS) is 16.1. The molecule has 0 unspecified atom stereocenters. The van der Waals surface area contributed by atoms with E-state index >= 15 is 0 Å². The van der Waals surface area contributed by atoms with E-state index in [-0.39, 0.29) is 11.5 Å². The largest absolute Gasteiger partial charge is 0.481 e. The molecule has 1 aromatic carbocycles. The number of aliphatic carboxylic acids is 1. The zero-order valence-corrected chi connectivity index (χ0v) is 12.7. The highest BCUT2D eigenvalue weighted by molar-refractivity contribution is 5.85. The van der Waals surface area contributed by atoms with E-state index in [4.69, 9.17) is 5.11 Å². The van der Waals surface area contributed by atoms with Crippen LogP contribution in [0.15, 0.2) is 35.3 Å². The standard InChI is InChI=1S/C17H20N2O3/c1-2-18-8-7-13-11-14(3-4-15(13)16(18)20)19-9-5-12(6-10-19)17(21)22/h3-4,7-8,11-12H,2,5-6,9-10H2,1H3,(H,21,22). The molecule has 1 saturated heterocycles. The molecular weight excluding hydrogens is 280 g/mol. The number of carboxylic acid groups (broad SMARTS) is 1. The first kappa shape index (κ1) is 14.6. The molecule has 116 valence electrons. The number of aryl methyl sites for hydroxylation is 1. The number of fused-ring (bicyclic) bond motifs is 1. The van der Waals surface area contributed by atoms with E-state index in [9.17, 15) is 9.59 Å². The Morgan fingerprint density at radius 3 is 2.64 bits per heavy atom. The summed E-state index contributed by atoms with van der Waals surface area (Å²) < 4.78 is 1.69. The average molecular weight is 300 g/mol. The Labute approximate surface area is 128 Å². The summed E-state index contributed by atoms with van der Waals surface area (Å²) in [6.07, 6.45) is 3.17. The van der Waals surface area contributed by atoms with Crippen molar-refractivity contribution in [1.82, 2.24) is 4.57 Å². The van der Waals surface area contributed by atoms with Crippen molar-refractivity contribution in [3.05, 3.63) is 40.8 Å². The maximum Gasteiger partial charge on any atom is 0.306 e. The Morgan fingerprint density at radius 1 is 1.27 bits per heavy atom. The van der Waals surface area contributed by atoms with Gasteiger partial charge in [-0.3, -0.25) is 9.59 Å². The molecule has 1 aromatic heterocycles. The van der Waals surface area contributed by atoms with E-state index in [1.165, 1.54) is 0 Å². The molecule has 0 spiro atoms. The molecule has 2 aromatic rings. The molecule has 2 heterocycles. The second-order valence-corrected chi connectivity index (χ2v) is 5.78. The molecule has 0 saturated carbocycles. The van der Waals surface area contributed by atoms with Crippen LogP contribution in [0.4, 0.5) is 5.69 Å². The van der Waals surface area contributed by atoms with Crippen LogP contribution in [-0.2, 0) is 11.3 Å². The van der Waals surface area contributed by atoms with Gasteiger partial charge >= 0.3 is 5.97 Å². The number of aromatic nitrogens is 1. The van der Waals surface area contributed by atoms with Crippen LogP contribution in [0.5, 0.6) is 0 Å². The molecule has 0 radical (unpaired) electrons. The number of hydrogen-bond donors (Lipinski definition) is 1. The molecule has 1 aliphatic heterocycles. The predicted octanol–water partition coefficient (Wildman–Crippen LogP) is 2.32. The van der Waals surface area contributed by atoms with E-state index < -0.39 is 5.97 Å². The average Bonchev–Trinajstić information content (AvgIpc) is 2.55. The van der Waals surface area contributed by atoms with Gasteiger partial charge in [-0.1, -0.05) is 0 Å². The molecule has 3 rings (SSSR count). The molecule has 0 aliphatic carbocycles. The Kier molecular flexibility index (Phi) is 3.88. The smallest absolute Gasteiger partial charge is 0.306 e. The number of anilines is 1. The fourth-order valence-corrected chi connectivity index (χ4v) is 3.11. The second-order valence-electron chi connectivity index (χ2n) is 5.78. The van der Waals surface area contributed by atoms with Gasteiger partial charge in [0.1, 0.15) is 0 Å². The molecule has 0 atom stereocenters. The first-order valence-corrected chi connectivity index (χ1v) is 7.71. The van der Waals surface area contributed by atoms with Gasteiger partial charge < -0.3 is 14.6 Å². The minimum absolute atomic E-state index is 0.0381. The van der Waals surface area contributed by atoms with Crippen LogP contribution in [0, 0.1) is 5.92 Å². The number of rotatable bonds is 3. The second kappa shape index (κ2) is 5.83. The maximum atomic E-state index is 12.2. The monoisotopic (exact) mass is 300 g/mol. The van der Waals surface area contributed by atoms with Crippen LogP contribution in [0.2, 0.25) is 0 Å². The molecule has 22 heavy (non-hydrogen) atoms. The van der Waals surface area contributed by atoms with Gasteiger partial charge in [-0.15, -0.1) is 0 Å². The van der Waals surface area contributed by atoms with Crippen molar-refractivity contribution in [2.75, 3.05) is 18.0 Å². The first-order valence-electron chi connectivity index (χ1n) is 7.71. The van der Waals surface area contributed by atoms with Gasteiger partial charge in [0.05, 0.1) is 5.92 Å². The highest BCUT2D eigenvalue weighted by Gasteiger charge is 2.24. The predicted molar refractivity (Wildman–Crippen MR) is 86.5 cm³/mol. The summed E-state index contributed by atoms with van der Waals surface area (Å²) in [6, 6.07) is 7.83. The molecule has 1 N–H and O–H groups in total.